The van der Waals surface area contributed by atoms with Crippen LogP contribution in [0.3, 0.4) is 0 Å². The second-order valence-electron chi connectivity index (χ2n) is 7.49. The van der Waals surface area contributed by atoms with Crippen LogP contribution in [0.4, 0.5) is 0 Å². The van der Waals surface area contributed by atoms with E-state index in [9.17, 15) is 0 Å². The van der Waals surface area contributed by atoms with Crippen LogP contribution in [-0.4, -0.2) is 45.4 Å². The molecule has 0 bridgehead atoms. The van der Waals surface area contributed by atoms with Crippen molar-refractivity contribution in [3.05, 3.63) is 18.0 Å². The average molecular weight is 276 g/mol. The molecule has 1 saturated carbocycles. The van der Waals surface area contributed by atoms with Gasteiger partial charge in [-0.25, -0.2) is 0 Å². The SMILES string of the molecule is Cn1nccc1CCN1CC(C)(C)NCC1(C)C1CC1. The Morgan fingerprint density at radius 3 is 2.70 bits per heavy atom. The minimum atomic E-state index is 0.223. The van der Waals surface area contributed by atoms with Gasteiger partial charge in [-0.05, 0) is 45.6 Å². The van der Waals surface area contributed by atoms with Gasteiger partial charge in [0.2, 0.25) is 0 Å². The third-order valence-corrected chi connectivity index (χ3v) is 5.25. The maximum atomic E-state index is 4.28. The monoisotopic (exact) mass is 276 g/mol. The Bertz CT molecular complexity index is 475. The van der Waals surface area contributed by atoms with Crippen LogP contribution in [0.25, 0.3) is 0 Å². The van der Waals surface area contributed by atoms with E-state index < -0.39 is 0 Å². The lowest BCUT2D eigenvalue weighted by Gasteiger charge is -2.52. The Labute approximate surface area is 122 Å². The molecular formula is C16H28N4. The molecule has 1 N–H and O–H groups in total. The lowest BCUT2D eigenvalue weighted by Crippen LogP contribution is -2.68. The van der Waals surface area contributed by atoms with E-state index in [1.54, 1.807) is 0 Å². The van der Waals surface area contributed by atoms with Gasteiger partial charge in [-0.3, -0.25) is 9.58 Å². The van der Waals surface area contributed by atoms with Crippen LogP contribution in [0.5, 0.6) is 0 Å². The highest BCUT2D eigenvalue weighted by molar-refractivity contribution is 5.08. The molecule has 3 rings (SSSR count). The van der Waals surface area contributed by atoms with E-state index in [1.807, 2.05) is 17.9 Å². The normalized spacial score (nSPS) is 30.6. The molecule has 2 heterocycles. The minimum Gasteiger partial charge on any atom is -0.309 e. The maximum absolute atomic E-state index is 4.28. The quantitative estimate of drug-likeness (QED) is 0.910. The molecule has 112 valence electrons. The van der Waals surface area contributed by atoms with Gasteiger partial charge in [0.25, 0.3) is 0 Å². The summed E-state index contributed by atoms with van der Waals surface area (Å²) < 4.78 is 2.00. The zero-order chi connectivity index (χ0) is 14.4. The first kappa shape index (κ1) is 14.1. The summed E-state index contributed by atoms with van der Waals surface area (Å²) in [6.45, 7) is 10.5. The number of hydrogen-bond donors (Lipinski definition) is 1. The molecule has 1 unspecified atom stereocenters. The van der Waals surface area contributed by atoms with Crippen molar-refractivity contribution in [2.24, 2.45) is 13.0 Å². The lowest BCUT2D eigenvalue weighted by molar-refractivity contribution is 0.0125. The third-order valence-electron chi connectivity index (χ3n) is 5.25. The Hall–Kier alpha value is -0.870. The van der Waals surface area contributed by atoms with Gasteiger partial charge in [0.15, 0.2) is 0 Å². The van der Waals surface area contributed by atoms with Crippen LogP contribution in [-0.2, 0) is 13.5 Å². The highest BCUT2D eigenvalue weighted by Gasteiger charge is 2.49. The zero-order valence-electron chi connectivity index (χ0n) is 13.3. The summed E-state index contributed by atoms with van der Waals surface area (Å²) in [6, 6.07) is 2.14. The molecule has 20 heavy (non-hydrogen) atoms. The molecule has 0 radical (unpaired) electrons. The van der Waals surface area contributed by atoms with Crippen LogP contribution < -0.4 is 5.32 Å². The second-order valence-corrected chi connectivity index (χ2v) is 7.49. The first-order valence-corrected chi connectivity index (χ1v) is 7.88. The first-order valence-electron chi connectivity index (χ1n) is 7.88. The molecule has 1 saturated heterocycles. The fraction of sp³-hybridized carbons (Fsp3) is 0.812. The van der Waals surface area contributed by atoms with Crippen molar-refractivity contribution in [2.45, 2.75) is 51.1 Å². The van der Waals surface area contributed by atoms with Crippen LogP contribution in [0.1, 0.15) is 39.3 Å². The topological polar surface area (TPSA) is 33.1 Å². The van der Waals surface area contributed by atoms with Gasteiger partial charge < -0.3 is 5.32 Å². The van der Waals surface area contributed by atoms with Crippen LogP contribution >= 0.6 is 0 Å². The summed E-state index contributed by atoms with van der Waals surface area (Å²) in [5.74, 6) is 0.887. The molecule has 1 aliphatic heterocycles. The predicted octanol–water partition coefficient (Wildman–Crippen LogP) is 1.82. The maximum Gasteiger partial charge on any atom is 0.0492 e. The summed E-state index contributed by atoms with van der Waals surface area (Å²) in [4.78, 5) is 2.73. The van der Waals surface area contributed by atoms with E-state index in [0.717, 1.165) is 32.0 Å². The fourth-order valence-corrected chi connectivity index (χ4v) is 3.58. The molecule has 0 spiro atoms. The molecule has 0 amide bonds. The summed E-state index contributed by atoms with van der Waals surface area (Å²) in [5.41, 5.74) is 1.90. The van der Waals surface area contributed by atoms with Crippen molar-refractivity contribution in [1.29, 1.82) is 0 Å². The van der Waals surface area contributed by atoms with Crippen LogP contribution in [0.2, 0.25) is 0 Å². The van der Waals surface area contributed by atoms with Gasteiger partial charge in [0.1, 0.15) is 0 Å². The summed E-state index contributed by atoms with van der Waals surface area (Å²) in [7, 11) is 2.04. The fourth-order valence-electron chi connectivity index (χ4n) is 3.58. The number of rotatable bonds is 4. The Kier molecular flexibility index (Phi) is 3.41. The van der Waals surface area contributed by atoms with Crippen molar-refractivity contribution in [3.8, 4) is 0 Å². The van der Waals surface area contributed by atoms with Gasteiger partial charge >= 0.3 is 0 Å². The van der Waals surface area contributed by atoms with E-state index in [4.69, 9.17) is 0 Å². The molecule has 1 aliphatic carbocycles. The van der Waals surface area contributed by atoms with Crippen molar-refractivity contribution in [2.75, 3.05) is 19.6 Å². The number of piperazine rings is 1. The molecule has 4 nitrogen and oxygen atoms in total. The minimum absolute atomic E-state index is 0.223. The number of nitrogens with one attached hydrogen (secondary N) is 1. The molecule has 0 aromatic carbocycles. The number of nitrogens with zero attached hydrogens (tertiary/aromatic N) is 3. The summed E-state index contributed by atoms with van der Waals surface area (Å²) in [5, 5.41) is 8.02. The molecule has 1 aromatic heterocycles. The van der Waals surface area contributed by atoms with Crippen molar-refractivity contribution in [3.63, 3.8) is 0 Å². The third kappa shape index (κ3) is 2.63. The van der Waals surface area contributed by atoms with Gasteiger partial charge in [-0.15, -0.1) is 0 Å². The second kappa shape index (κ2) is 4.85. The van der Waals surface area contributed by atoms with E-state index in [0.29, 0.717) is 5.54 Å². The van der Waals surface area contributed by atoms with Gasteiger partial charge in [0.05, 0.1) is 0 Å². The number of hydrogen-bond acceptors (Lipinski definition) is 3. The van der Waals surface area contributed by atoms with E-state index in [-0.39, 0.29) is 5.54 Å². The van der Waals surface area contributed by atoms with Gasteiger partial charge in [-0.2, -0.15) is 5.10 Å². The molecule has 2 fully saturated rings. The number of aryl methyl sites for hydroxylation is 1. The Morgan fingerprint density at radius 1 is 1.35 bits per heavy atom. The highest BCUT2D eigenvalue weighted by Crippen LogP contribution is 2.44. The molecule has 4 heteroatoms. The van der Waals surface area contributed by atoms with E-state index in [2.05, 4.69) is 42.2 Å². The largest absolute Gasteiger partial charge is 0.309 e. The van der Waals surface area contributed by atoms with Crippen molar-refractivity contribution in [1.82, 2.24) is 20.0 Å². The summed E-state index contributed by atoms with van der Waals surface area (Å²) in [6.07, 6.45) is 5.80. The lowest BCUT2D eigenvalue weighted by atomic mass is 9.86. The highest BCUT2D eigenvalue weighted by atomic mass is 15.3. The molecule has 1 atom stereocenters. The van der Waals surface area contributed by atoms with Crippen molar-refractivity contribution < 1.29 is 0 Å². The molecule has 2 aliphatic rings. The Morgan fingerprint density at radius 2 is 2.10 bits per heavy atom. The van der Waals surface area contributed by atoms with Crippen LogP contribution in [0, 0.1) is 5.92 Å². The molecular weight excluding hydrogens is 248 g/mol. The standard InChI is InChI=1S/C16H28N4/c1-15(2)12-20(10-8-14-7-9-18-19(14)4)16(3,11-17-15)13-5-6-13/h7,9,13,17H,5-6,8,10-12H2,1-4H3. The van der Waals surface area contributed by atoms with Crippen molar-refractivity contribution >= 4 is 0 Å². The van der Waals surface area contributed by atoms with Crippen LogP contribution in [0.15, 0.2) is 12.3 Å². The molecule has 1 aromatic rings. The summed E-state index contributed by atoms with van der Waals surface area (Å²) >= 11 is 0. The zero-order valence-corrected chi connectivity index (χ0v) is 13.3. The smallest absolute Gasteiger partial charge is 0.0492 e. The average Bonchev–Trinajstić information content (AvgIpc) is 3.16. The van der Waals surface area contributed by atoms with E-state index >= 15 is 0 Å². The van der Waals surface area contributed by atoms with Gasteiger partial charge in [-0.1, -0.05) is 0 Å². The first-order chi connectivity index (χ1) is 9.41. The van der Waals surface area contributed by atoms with Gasteiger partial charge in [0, 0.05) is 56.1 Å². The number of aromatic nitrogens is 2. The Balaban J connectivity index is 1.71. The van der Waals surface area contributed by atoms with E-state index in [1.165, 1.54) is 18.5 Å². The predicted molar refractivity (Wildman–Crippen MR) is 81.7 cm³/mol.